The Morgan fingerprint density at radius 2 is 1.80 bits per heavy atom. The molecule has 1 aliphatic heterocycles. The lowest BCUT2D eigenvalue weighted by Crippen LogP contribution is -2.42. The number of ether oxygens (including phenoxy) is 3. The lowest BCUT2D eigenvalue weighted by atomic mass is 10.0. The number of thiophene rings is 1. The first-order valence-electron chi connectivity index (χ1n) is 14.8. The molecule has 1 aliphatic rings. The van der Waals surface area contributed by atoms with Gasteiger partial charge in [-0.25, -0.2) is 14.6 Å². The number of methoxy groups -OCH3 is 1. The fraction of sp³-hybridized carbons (Fsp3) is 0.424. The SMILES string of the molecule is COC(=O)c1sc(-n2cnc3ccc(CSC4CCN(C(=O)OC(C)(C)C)CC4)cc32)cc1O[C@H](C)c1ccccc1C(F)(F)F. The minimum absolute atomic E-state index is 0.0377. The summed E-state index contributed by atoms with van der Waals surface area (Å²) >= 11 is 2.96. The van der Waals surface area contributed by atoms with E-state index < -0.39 is 29.4 Å². The summed E-state index contributed by atoms with van der Waals surface area (Å²) in [5.74, 6) is 0.241. The van der Waals surface area contributed by atoms with Crippen LogP contribution in [0.2, 0.25) is 0 Å². The number of fused-ring (bicyclic) bond motifs is 1. The summed E-state index contributed by atoms with van der Waals surface area (Å²) < 4.78 is 59.3. The van der Waals surface area contributed by atoms with Crippen molar-refractivity contribution in [3.63, 3.8) is 0 Å². The molecule has 46 heavy (non-hydrogen) atoms. The van der Waals surface area contributed by atoms with E-state index in [1.54, 1.807) is 17.3 Å². The van der Waals surface area contributed by atoms with Crippen LogP contribution in [0.25, 0.3) is 16.0 Å². The van der Waals surface area contributed by atoms with Crippen molar-refractivity contribution >= 4 is 46.2 Å². The normalized spacial score (nSPS) is 15.2. The maximum Gasteiger partial charge on any atom is 0.416 e. The molecular weight excluding hydrogens is 640 g/mol. The average Bonchev–Trinajstić information content (AvgIpc) is 3.62. The van der Waals surface area contributed by atoms with Crippen molar-refractivity contribution in [3.8, 4) is 10.8 Å². The summed E-state index contributed by atoms with van der Waals surface area (Å²) in [4.78, 5) is 31.5. The molecule has 0 aliphatic carbocycles. The van der Waals surface area contributed by atoms with Crippen LogP contribution in [0.5, 0.6) is 5.75 Å². The standard InChI is InChI=1S/C33H36F3N3O5S2/c1-20(23-8-6-7-9-24(23)33(34,35)36)43-27-17-28(46-29(27)30(40)42-5)39-19-37-25-11-10-21(16-26(25)39)18-45-22-12-14-38(15-13-22)31(41)44-32(2,3)4/h6-11,16-17,19-20,22H,12-15,18H2,1-5H3/t20-/m1/s1. The Balaban J connectivity index is 1.32. The van der Waals surface area contributed by atoms with Crippen LogP contribution < -0.4 is 4.74 Å². The molecule has 3 heterocycles. The number of esters is 1. The molecule has 0 spiro atoms. The number of alkyl halides is 3. The molecule has 1 fully saturated rings. The second-order valence-corrected chi connectivity index (χ2v) is 14.3. The first kappa shape index (κ1) is 33.6. The van der Waals surface area contributed by atoms with Crippen molar-refractivity contribution in [2.24, 2.45) is 0 Å². The van der Waals surface area contributed by atoms with Gasteiger partial charge in [0.2, 0.25) is 0 Å². The molecule has 0 unspecified atom stereocenters. The third kappa shape index (κ3) is 7.80. The van der Waals surface area contributed by atoms with E-state index in [-0.39, 0.29) is 22.3 Å². The van der Waals surface area contributed by atoms with E-state index >= 15 is 0 Å². The predicted octanol–water partition coefficient (Wildman–Crippen LogP) is 8.67. The Bertz CT molecular complexity index is 1700. The third-order valence-electron chi connectivity index (χ3n) is 7.49. The zero-order chi connectivity index (χ0) is 33.2. The monoisotopic (exact) mass is 675 g/mol. The molecule has 5 rings (SSSR count). The second kappa shape index (κ2) is 13.6. The van der Waals surface area contributed by atoms with Gasteiger partial charge in [-0.15, -0.1) is 11.3 Å². The molecule has 0 saturated carbocycles. The number of amides is 1. The number of carbonyl (C=O) groups excluding carboxylic acids is 2. The minimum Gasteiger partial charge on any atom is -0.484 e. The number of hydrogen-bond acceptors (Lipinski definition) is 8. The highest BCUT2D eigenvalue weighted by Gasteiger charge is 2.35. The van der Waals surface area contributed by atoms with Crippen molar-refractivity contribution in [1.29, 1.82) is 0 Å². The molecule has 0 radical (unpaired) electrons. The Morgan fingerprint density at radius 1 is 1.09 bits per heavy atom. The van der Waals surface area contributed by atoms with Gasteiger partial charge < -0.3 is 19.1 Å². The number of imidazole rings is 1. The first-order chi connectivity index (χ1) is 21.7. The van der Waals surface area contributed by atoms with Crippen LogP contribution in [0.3, 0.4) is 0 Å². The highest BCUT2D eigenvalue weighted by molar-refractivity contribution is 7.99. The molecule has 13 heteroatoms. The largest absolute Gasteiger partial charge is 0.484 e. The third-order valence-corrected chi connectivity index (χ3v) is 10.0. The van der Waals surface area contributed by atoms with E-state index in [4.69, 9.17) is 14.2 Å². The predicted molar refractivity (Wildman–Crippen MR) is 173 cm³/mol. The zero-order valence-electron chi connectivity index (χ0n) is 26.2. The van der Waals surface area contributed by atoms with Gasteiger partial charge in [-0.3, -0.25) is 4.57 Å². The Hall–Kier alpha value is -3.71. The van der Waals surface area contributed by atoms with Gasteiger partial charge in [-0.1, -0.05) is 24.3 Å². The molecule has 4 aromatic rings. The number of benzene rings is 2. The van der Waals surface area contributed by atoms with Crippen molar-refractivity contribution in [2.45, 2.75) is 69.4 Å². The van der Waals surface area contributed by atoms with Crippen LogP contribution in [-0.2, 0) is 21.4 Å². The van der Waals surface area contributed by atoms with Crippen LogP contribution in [0.4, 0.5) is 18.0 Å². The number of carbonyl (C=O) groups is 2. The van der Waals surface area contributed by atoms with Crippen molar-refractivity contribution < 1.29 is 37.0 Å². The summed E-state index contributed by atoms with van der Waals surface area (Å²) in [6.45, 7) is 8.42. The zero-order valence-corrected chi connectivity index (χ0v) is 27.9. The molecule has 2 aromatic carbocycles. The van der Waals surface area contributed by atoms with E-state index in [1.807, 2.05) is 55.3 Å². The number of nitrogens with zero attached hydrogens (tertiary/aromatic N) is 3. The summed E-state index contributed by atoms with van der Waals surface area (Å²) in [5, 5.41) is 1.01. The second-order valence-electron chi connectivity index (χ2n) is 12.0. The summed E-state index contributed by atoms with van der Waals surface area (Å²) in [5.41, 5.74) is 1.31. The molecular formula is C33H36F3N3O5S2. The lowest BCUT2D eigenvalue weighted by molar-refractivity contribution is -0.139. The molecule has 0 bridgehead atoms. The van der Waals surface area contributed by atoms with Crippen LogP contribution in [0, 0.1) is 0 Å². The van der Waals surface area contributed by atoms with Gasteiger partial charge in [0.25, 0.3) is 0 Å². The van der Waals surface area contributed by atoms with E-state index in [1.165, 1.54) is 32.2 Å². The Kier molecular flexibility index (Phi) is 9.92. The number of thioether (sulfide) groups is 1. The van der Waals surface area contributed by atoms with Gasteiger partial charge in [0, 0.05) is 35.7 Å². The van der Waals surface area contributed by atoms with Crippen molar-refractivity contribution in [2.75, 3.05) is 20.2 Å². The number of hydrogen-bond donors (Lipinski definition) is 0. The van der Waals surface area contributed by atoms with E-state index in [0.717, 1.165) is 52.6 Å². The number of halogens is 3. The number of aromatic nitrogens is 2. The topological polar surface area (TPSA) is 82.9 Å². The van der Waals surface area contributed by atoms with E-state index in [0.29, 0.717) is 23.3 Å². The average molecular weight is 676 g/mol. The maximum absolute atomic E-state index is 13.7. The van der Waals surface area contributed by atoms with Gasteiger partial charge in [0.15, 0.2) is 4.88 Å². The van der Waals surface area contributed by atoms with E-state index in [2.05, 4.69) is 4.98 Å². The Labute approximate surface area is 273 Å². The lowest BCUT2D eigenvalue weighted by Gasteiger charge is -2.33. The van der Waals surface area contributed by atoms with Gasteiger partial charge in [0.05, 0.1) is 23.7 Å². The van der Waals surface area contributed by atoms with Crippen molar-refractivity contribution in [1.82, 2.24) is 14.5 Å². The molecule has 2 aromatic heterocycles. The number of rotatable bonds is 8. The number of piperidine rings is 1. The highest BCUT2D eigenvalue weighted by atomic mass is 32.2. The molecule has 0 N–H and O–H groups in total. The van der Waals surface area contributed by atoms with Gasteiger partial charge in [-0.05, 0) is 64.3 Å². The molecule has 1 amide bonds. The summed E-state index contributed by atoms with van der Waals surface area (Å²) in [6.07, 6.45) is -2.42. The first-order valence-corrected chi connectivity index (χ1v) is 16.7. The fourth-order valence-corrected chi connectivity index (χ4v) is 7.38. The maximum atomic E-state index is 13.7. The molecule has 1 saturated heterocycles. The smallest absolute Gasteiger partial charge is 0.416 e. The summed E-state index contributed by atoms with van der Waals surface area (Å²) in [6, 6.07) is 12.9. The van der Waals surface area contributed by atoms with Crippen LogP contribution in [0.15, 0.2) is 54.9 Å². The van der Waals surface area contributed by atoms with Gasteiger partial charge >= 0.3 is 18.2 Å². The quantitative estimate of drug-likeness (QED) is 0.173. The highest BCUT2D eigenvalue weighted by Crippen LogP contribution is 2.40. The van der Waals surface area contributed by atoms with Crippen LogP contribution in [0.1, 0.15) is 73.0 Å². The Morgan fingerprint density at radius 3 is 2.48 bits per heavy atom. The van der Waals surface area contributed by atoms with Gasteiger partial charge in [0.1, 0.15) is 28.8 Å². The van der Waals surface area contributed by atoms with Crippen LogP contribution >= 0.6 is 23.1 Å². The minimum atomic E-state index is -4.55. The van der Waals surface area contributed by atoms with Gasteiger partial charge in [-0.2, -0.15) is 24.9 Å². The fourth-order valence-electron chi connectivity index (χ4n) is 5.23. The molecule has 246 valence electrons. The summed E-state index contributed by atoms with van der Waals surface area (Å²) in [7, 11) is 1.24. The molecule has 1 atom stereocenters. The van der Waals surface area contributed by atoms with Crippen LogP contribution in [-0.4, -0.2) is 57.6 Å². The number of likely N-dealkylation sites (tertiary alicyclic amines) is 1. The van der Waals surface area contributed by atoms with E-state index in [9.17, 15) is 22.8 Å². The molecule has 8 nitrogen and oxygen atoms in total. The van der Waals surface area contributed by atoms with Crippen molar-refractivity contribution in [3.05, 3.63) is 76.4 Å².